The number of halogens is 1. The Balaban J connectivity index is 2.74. The molecule has 0 unspecified atom stereocenters. The van der Waals surface area contributed by atoms with Crippen molar-refractivity contribution in [2.24, 2.45) is 5.73 Å². The fourth-order valence-electron chi connectivity index (χ4n) is 1.49. The van der Waals surface area contributed by atoms with Crippen molar-refractivity contribution in [2.45, 2.75) is 26.4 Å². The summed E-state index contributed by atoms with van der Waals surface area (Å²) in [5.74, 6) is -0.0394. The van der Waals surface area contributed by atoms with Crippen LogP contribution in [-0.4, -0.2) is 23.4 Å². The van der Waals surface area contributed by atoms with E-state index in [0.717, 1.165) is 5.56 Å². The highest BCUT2D eigenvalue weighted by molar-refractivity contribution is 6.30. The Morgan fingerprint density at radius 3 is 2.75 bits per heavy atom. The number of carbonyl (C=O) groups is 1. The maximum Gasteiger partial charge on any atom is 0.239 e. The monoisotopic (exact) mass is 240 g/mol. The molecule has 1 aromatic carbocycles. The maximum atomic E-state index is 11.7. The van der Waals surface area contributed by atoms with Gasteiger partial charge in [0.15, 0.2) is 0 Å². The molecule has 0 aliphatic carbocycles. The van der Waals surface area contributed by atoms with E-state index in [4.69, 9.17) is 17.3 Å². The third-order valence-electron chi connectivity index (χ3n) is 2.35. The lowest BCUT2D eigenvalue weighted by molar-refractivity contribution is -0.132. The zero-order valence-corrected chi connectivity index (χ0v) is 10.4. The molecule has 2 N–H and O–H groups in total. The van der Waals surface area contributed by atoms with E-state index in [9.17, 15) is 4.79 Å². The Morgan fingerprint density at radius 2 is 2.25 bits per heavy atom. The van der Waals surface area contributed by atoms with E-state index in [0.29, 0.717) is 18.1 Å². The summed E-state index contributed by atoms with van der Waals surface area (Å²) in [6.07, 6.45) is 0. The van der Waals surface area contributed by atoms with Gasteiger partial charge in [-0.1, -0.05) is 23.7 Å². The molecule has 0 bridgehead atoms. The number of hydrogen-bond acceptors (Lipinski definition) is 2. The Morgan fingerprint density at radius 1 is 1.56 bits per heavy atom. The van der Waals surface area contributed by atoms with Crippen LogP contribution in [0.4, 0.5) is 0 Å². The van der Waals surface area contributed by atoms with E-state index in [2.05, 4.69) is 0 Å². The average molecular weight is 241 g/mol. The molecule has 4 heteroatoms. The first kappa shape index (κ1) is 13.0. The Kier molecular flexibility index (Phi) is 4.77. The van der Waals surface area contributed by atoms with Crippen LogP contribution in [0.1, 0.15) is 19.4 Å². The van der Waals surface area contributed by atoms with Crippen LogP contribution in [-0.2, 0) is 11.3 Å². The van der Waals surface area contributed by atoms with Crippen LogP contribution in [0.25, 0.3) is 0 Å². The molecule has 0 aliphatic rings. The number of nitrogens with two attached hydrogens (primary N) is 1. The Hall–Kier alpha value is -1.06. The lowest BCUT2D eigenvalue weighted by Gasteiger charge is -2.22. The first-order valence-electron chi connectivity index (χ1n) is 5.33. The van der Waals surface area contributed by atoms with Gasteiger partial charge in [0.2, 0.25) is 5.91 Å². The zero-order valence-electron chi connectivity index (χ0n) is 9.61. The second-order valence-electron chi connectivity index (χ2n) is 3.77. The predicted octanol–water partition coefficient (Wildman–Crippen LogP) is 2.04. The maximum absolute atomic E-state index is 11.7. The van der Waals surface area contributed by atoms with Gasteiger partial charge in [-0.15, -0.1) is 0 Å². The van der Waals surface area contributed by atoms with Crippen LogP contribution in [0.5, 0.6) is 0 Å². The number of amides is 1. The fourth-order valence-corrected chi connectivity index (χ4v) is 1.70. The van der Waals surface area contributed by atoms with Crippen molar-refractivity contribution >= 4 is 17.5 Å². The quantitative estimate of drug-likeness (QED) is 0.876. The van der Waals surface area contributed by atoms with Gasteiger partial charge in [-0.05, 0) is 31.5 Å². The standard InChI is InChI=1S/C12H17ClN2O/c1-3-15(12(16)9(2)14)8-10-5-4-6-11(13)7-10/h4-7,9H,3,8,14H2,1-2H3/t9-/m0/s1. The number of likely N-dealkylation sites (N-methyl/N-ethyl adjacent to an activating group) is 1. The summed E-state index contributed by atoms with van der Waals surface area (Å²) in [6, 6.07) is 7.04. The summed E-state index contributed by atoms with van der Waals surface area (Å²) in [5, 5.41) is 0.682. The summed E-state index contributed by atoms with van der Waals surface area (Å²) in [6.45, 7) is 4.83. The summed E-state index contributed by atoms with van der Waals surface area (Å²) < 4.78 is 0. The van der Waals surface area contributed by atoms with Crippen LogP contribution in [0.3, 0.4) is 0 Å². The SMILES string of the molecule is CCN(Cc1cccc(Cl)c1)C(=O)[C@H](C)N. The lowest BCUT2D eigenvalue weighted by atomic mass is 10.2. The molecule has 88 valence electrons. The van der Waals surface area contributed by atoms with E-state index in [1.54, 1.807) is 11.8 Å². The third-order valence-corrected chi connectivity index (χ3v) is 2.58. The molecule has 0 radical (unpaired) electrons. The summed E-state index contributed by atoms with van der Waals surface area (Å²) in [7, 11) is 0. The van der Waals surface area contributed by atoms with Gasteiger partial charge in [-0.25, -0.2) is 0 Å². The average Bonchev–Trinajstić information content (AvgIpc) is 2.25. The van der Waals surface area contributed by atoms with Gasteiger partial charge in [0, 0.05) is 18.1 Å². The fraction of sp³-hybridized carbons (Fsp3) is 0.417. The highest BCUT2D eigenvalue weighted by Crippen LogP contribution is 2.13. The normalized spacial score (nSPS) is 12.2. The molecule has 1 atom stereocenters. The predicted molar refractivity (Wildman–Crippen MR) is 66.2 cm³/mol. The minimum Gasteiger partial charge on any atom is -0.337 e. The number of benzene rings is 1. The third kappa shape index (κ3) is 3.51. The van der Waals surface area contributed by atoms with Crippen molar-refractivity contribution in [1.29, 1.82) is 0 Å². The molecular weight excluding hydrogens is 224 g/mol. The van der Waals surface area contributed by atoms with Gasteiger partial charge in [-0.2, -0.15) is 0 Å². The van der Waals surface area contributed by atoms with Crippen molar-refractivity contribution < 1.29 is 4.79 Å². The molecule has 0 aliphatic heterocycles. The second-order valence-corrected chi connectivity index (χ2v) is 4.21. The minimum atomic E-state index is -0.459. The first-order valence-corrected chi connectivity index (χ1v) is 5.71. The molecule has 0 fully saturated rings. The molecule has 1 amide bonds. The van der Waals surface area contributed by atoms with E-state index < -0.39 is 6.04 Å². The highest BCUT2D eigenvalue weighted by Gasteiger charge is 2.15. The molecular formula is C12H17ClN2O. The van der Waals surface area contributed by atoms with Gasteiger partial charge >= 0.3 is 0 Å². The second kappa shape index (κ2) is 5.87. The molecule has 3 nitrogen and oxygen atoms in total. The van der Waals surface area contributed by atoms with Crippen molar-refractivity contribution in [2.75, 3.05) is 6.54 Å². The number of carbonyl (C=O) groups excluding carboxylic acids is 1. The van der Waals surface area contributed by atoms with E-state index in [-0.39, 0.29) is 5.91 Å². The number of rotatable bonds is 4. The zero-order chi connectivity index (χ0) is 12.1. The topological polar surface area (TPSA) is 46.3 Å². The molecule has 0 saturated carbocycles. The van der Waals surface area contributed by atoms with Crippen LogP contribution in [0.2, 0.25) is 5.02 Å². The molecule has 1 aromatic rings. The molecule has 0 aromatic heterocycles. The highest BCUT2D eigenvalue weighted by atomic mass is 35.5. The summed E-state index contributed by atoms with van der Waals surface area (Å²) in [4.78, 5) is 13.4. The smallest absolute Gasteiger partial charge is 0.239 e. The largest absolute Gasteiger partial charge is 0.337 e. The van der Waals surface area contributed by atoms with Gasteiger partial charge < -0.3 is 10.6 Å². The molecule has 0 heterocycles. The number of hydrogen-bond donors (Lipinski definition) is 1. The van der Waals surface area contributed by atoms with Gasteiger partial charge in [0.05, 0.1) is 6.04 Å². The minimum absolute atomic E-state index is 0.0394. The van der Waals surface area contributed by atoms with Crippen molar-refractivity contribution in [3.05, 3.63) is 34.9 Å². The summed E-state index contributed by atoms with van der Waals surface area (Å²) >= 11 is 5.89. The van der Waals surface area contributed by atoms with Gasteiger partial charge in [0.25, 0.3) is 0 Å². The molecule has 1 rings (SSSR count). The van der Waals surface area contributed by atoms with Crippen LogP contribution < -0.4 is 5.73 Å². The van der Waals surface area contributed by atoms with Crippen molar-refractivity contribution in [1.82, 2.24) is 4.90 Å². The molecule has 16 heavy (non-hydrogen) atoms. The van der Waals surface area contributed by atoms with Crippen molar-refractivity contribution in [3.63, 3.8) is 0 Å². The van der Waals surface area contributed by atoms with Crippen LogP contribution in [0, 0.1) is 0 Å². The number of nitrogens with zero attached hydrogens (tertiary/aromatic N) is 1. The van der Waals surface area contributed by atoms with Crippen molar-refractivity contribution in [3.8, 4) is 0 Å². The molecule has 0 saturated heterocycles. The Labute approximate surface area is 101 Å². The van der Waals surface area contributed by atoms with E-state index in [1.807, 2.05) is 31.2 Å². The first-order chi connectivity index (χ1) is 7.54. The Bertz CT molecular complexity index is 366. The van der Waals surface area contributed by atoms with Crippen LogP contribution >= 0.6 is 11.6 Å². The van der Waals surface area contributed by atoms with Gasteiger partial charge in [-0.3, -0.25) is 4.79 Å². The van der Waals surface area contributed by atoms with E-state index in [1.165, 1.54) is 0 Å². The lowest BCUT2D eigenvalue weighted by Crippen LogP contribution is -2.41. The van der Waals surface area contributed by atoms with E-state index >= 15 is 0 Å². The molecule has 0 spiro atoms. The van der Waals surface area contributed by atoms with Gasteiger partial charge in [0.1, 0.15) is 0 Å². The van der Waals surface area contributed by atoms with Crippen LogP contribution in [0.15, 0.2) is 24.3 Å². The summed E-state index contributed by atoms with van der Waals surface area (Å²) in [5.41, 5.74) is 6.60.